The number of aromatic carboxylic acids is 1. The van der Waals surface area contributed by atoms with Gasteiger partial charge in [0.15, 0.2) is 0 Å². The fourth-order valence-corrected chi connectivity index (χ4v) is 1.55. The lowest BCUT2D eigenvalue weighted by Crippen LogP contribution is -2.13. The van der Waals surface area contributed by atoms with Gasteiger partial charge in [-0.3, -0.25) is 0 Å². The topological polar surface area (TPSA) is 64.4 Å². The number of rotatable bonds is 1. The second-order valence-corrected chi connectivity index (χ2v) is 3.00. The van der Waals surface area contributed by atoms with Crippen molar-refractivity contribution >= 4 is 5.97 Å². The highest BCUT2D eigenvalue weighted by molar-refractivity contribution is 5.83. The first-order valence-electron chi connectivity index (χ1n) is 4.05. The second-order valence-electron chi connectivity index (χ2n) is 3.00. The molecule has 1 aromatic rings. The summed E-state index contributed by atoms with van der Waals surface area (Å²) in [5, 5.41) is 8.79. The van der Waals surface area contributed by atoms with Gasteiger partial charge in [0.2, 0.25) is 5.82 Å². The molecule has 2 heterocycles. The Morgan fingerprint density at radius 3 is 3.08 bits per heavy atom. The van der Waals surface area contributed by atoms with Gasteiger partial charge in [-0.2, -0.15) is 0 Å². The molecular weight excluding hydrogens is 172 g/mol. The van der Waals surface area contributed by atoms with E-state index in [0.29, 0.717) is 13.2 Å². The van der Waals surface area contributed by atoms with Crippen molar-refractivity contribution in [1.82, 2.24) is 9.55 Å². The Labute approximate surface area is 75.0 Å². The molecule has 1 aromatic heterocycles. The largest absolute Gasteiger partial charge is 0.475 e. The van der Waals surface area contributed by atoms with E-state index >= 15 is 0 Å². The van der Waals surface area contributed by atoms with Crippen LogP contribution in [0.5, 0.6) is 0 Å². The van der Waals surface area contributed by atoms with E-state index in [-0.39, 0.29) is 5.82 Å². The first kappa shape index (κ1) is 8.25. The van der Waals surface area contributed by atoms with Crippen LogP contribution in [0.3, 0.4) is 0 Å². The van der Waals surface area contributed by atoms with Crippen LogP contribution in [-0.2, 0) is 24.8 Å². The Bertz CT molecular complexity index is 357. The highest BCUT2D eigenvalue weighted by atomic mass is 16.5. The molecule has 0 saturated heterocycles. The zero-order valence-corrected chi connectivity index (χ0v) is 7.28. The van der Waals surface area contributed by atoms with Gasteiger partial charge in [-0.25, -0.2) is 9.78 Å². The molecule has 13 heavy (non-hydrogen) atoms. The van der Waals surface area contributed by atoms with Crippen LogP contribution in [0.4, 0.5) is 0 Å². The summed E-state index contributed by atoms with van der Waals surface area (Å²) in [5.74, 6) is -0.896. The quantitative estimate of drug-likeness (QED) is 0.673. The van der Waals surface area contributed by atoms with Gasteiger partial charge in [-0.05, 0) is 0 Å². The molecule has 1 aliphatic heterocycles. The van der Waals surface area contributed by atoms with Gasteiger partial charge in [0.1, 0.15) is 0 Å². The van der Waals surface area contributed by atoms with Gasteiger partial charge >= 0.3 is 5.97 Å². The molecule has 0 radical (unpaired) electrons. The predicted molar refractivity (Wildman–Crippen MR) is 43.5 cm³/mol. The van der Waals surface area contributed by atoms with Crippen LogP contribution < -0.4 is 0 Å². The van der Waals surface area contributed by atoms with Crippen molar-refractivity contribution in [3.63, 3.8) is 0 Å². The number of aromatic nitrogens is 2. The van der Waals surface area contributed by atoms with E-state index in [1.807, 2.05) is 0 Å². The molecule has 0 fully saturated rings. The molecule has 0 unspecified atom stereocenters. The molecule has 0 saturated carbocycles. The molecule has 1 N–H and O–H groups in total. The van der Waals surface area contributed by atoms with Crippen LogP contribution in [0.25, 0.3) is 0 Å². The van der Waals surface area contributed by atoms with Gasteiger partial charge in [-0.1, -0.05) is 0 Å². The lowest BCUT2D eigenvalue weighted by molar-refractivity contribution is 0.0679. The average molecular weight is 182 g/mol. The van der Waals surface area contributed by atoms with Gasteiger partial charge in [-0.15, -0.1) is 0 Å². The van der Waals surface area contributed by atoms with Gasteiger partial charge in [0.25, 0.3) is 0 Å². The molecule has 5 nitrogen and oxygen atoms in total. The van der Waals surface area contributed by atoms with Crippen molar-refractivity contribution < 1.29 is 14.6 Å². The number of fused-ring (bicyclic) bond motifs is 1. The van der Waals surface area contributed by atoms with Crippen molar-refractivity contribution in [1.29, 1.82) is 0 Å². The second kappa shape index (κ2) is 2.85. The Kier molecular flexibility index (Phi) is 1.81. The number of carboxylic acids is 1. The van der Waals surface area contributed by atoms with E-state index in [1.165, 1.54) is 0 Å². The van der Waals surface area contributed by atoms with Crippen molar-refractivity contribution in [2.45, 2.75) is 13.0 Å². The molecule has 5 heteroatoms. The van der Waals surface area contributed by atoms with Gasteiger partial charge in [0.05, 0.1) is 18.9 Å². The molecule has 0 aliphatic carbocycles. The molecule has 0 aromatic carbocycles. The summed E-state index contributed by atoms with van der Waals surface area (Å²) in [4.78, 5) is 14.7. The normalized spacial score (nSPS) is 15.5. The summed E-state index contributed by atoms with van der Waals surface area (Å²) < 4.78 is 6.80. The number of hydrogen-bond donors (Lipinski definition) is 1. The fourth-order valence-electron chi connectivity index (χ4n) is 1.55. The maximum absolute atomic E-state index is 10.7. The van der Waals surface area contributed by atoms with Gasteiger partial charge in [0, 0.05) is 19.2 Å². The molecule has 70 valence electrons. The lowest BCUT2D eigenvalue weighted by Gasteiger charge is -2.11. The third-order valence-corrected chi connectivity index (χ3v) is 2.21. The lowest BCUT2D eigenvalue weighted by atomic mass is 10.2. The van der Waals surface area contributed by atoms with Crippen LogP contribution >= 0.6 is 0 Å². The number of imidazole rings is 1. The number of carbonyl (C=O) groups is 1. The summed E-state index contributed by atoms with van der Waals surface area (Å²) in [6.45, 7) is 1.07. The van der Waals surface area contributed by atoms with Crippen LogP contribution in [0, 0.1) is 0 Å². The van der Waals surface area contributed by atoms with E-state index in [4.69, 9.17) is 9.84 Å². The first-order chi connectivity index (χ1) is 6.20. The van der Waals surface area contributed by atoms with Crippen LogP contribution in [0.15, 0.2) is 0 Å². The van der Waals surface area contributed by atoms with E-state index < -0.39 is 5.97 Å². The Hall–Kier alpha value is -1.36. The summed E-state index contributed by atoms with van der Waals surface area (Å²) in [6.07, 6.45) is 0.742. The standard InChI is InChI=1S/C8H10N2O3/c1-10-6-2-3-13-4-5(6)9-7(10)8(11)12/h2-4H2,1H3,(H,11,12). The van der Waals surface area contributed by atoms with Crippen LogP contribution in [0.2, 0.25) is 0 Å². The summed E-state index contributed by atoms with van der Waals surface area (Å²) in [6, 6.07) is 0. The maximum Gasteiger partial charge on any atom is 0.372 e. The van der Waals surface area contributed by atoms with Crippen LogP contribution in [0.1, 0.15) is 22.0 Å². The third-order valence-electron chi connectivity index (χ3n) is 2.21. The van der Waals surface area contributed by atoms with E-state index in [9.17, 15) is 4.79 Å². The Balaban J connectivity index is 2.50. The maximum atomic E-state index is 10.7. The van der Waals surface area contributed by atoms with Crippen molar-refractivity contribution in [2.24, 2.45) is 7.05 Å². The van der Waals surface area contributed by atoms with Crippen molar-refractivity contribution in [3.8, 4) is 0 Å². The predicted octanol–water partition coefficient (Wildman–Crippen LogP) is 0.191. The highest BCUT2D eigenvalue weighted by Crippen LogP contribution is 2.16. The molecule has 0 atom stereocenters. The average Bonchev–Trinajstić information content (AvgIpc) is 2.45. The minimum Gasteiger partial charge on any atom is -0.475 e. The summed E-state index contributed by atoms with van der Waals surface area (Å²) in [5.41, 5.74) is 1.73. The number of ether oxygens (including phenoxy) is 1. The highest BCUT2D eigenvalue weighted by Gasteiger charge is 2.21. The van der Waals surface area contributed by atoms with Crippen molar-refractivity contribution in [2.75, 3.05) is 6.61 Å². The molecule has 0 bridgehead atoms. The smallest absolute Gasteiger partial charge is 0.372 e. The number of carboxylic acid groups (broad SMARTS) is 1. The molecule has 0 spiro atoms. The number of nitrogens with zero attached hydrogens (tertiary/aromatic N) is 2. The zero-order valence-electron chi connectivity index (χ0n) is 7.28. The third kappa shape index (κ3) is 1.21. The Morgan fingerprint density at radius 1 is 1.69 bits per heavy atom. The molecular formula is C8H10N2O3. The summed E-state index contributed by atoms with van der Waals surface area (Å²) in [7, 11) is 1.72. The SMILES string of the molecule is Cn1c(C(=O)O)nc2c1CCOC2. The van der Waals surface area contributed by atoms with E-state index in [1.54, 1.807) is 11.6 Å². The van der Waals surface area contributed by atoms with E-state index in [2.05, 4.69) is 4.98 Å². The molecule has 2 rings (SSSR count). The van der Waals surface area contributed by atoms with E-state index in [0.717, 1.165) is 17.8 Å². The van der Waals surface area contributed by atoms with Gasteiger partial charge < -0.3 is 14.4 Å². The minimum atomic E-state index is -0.989. The zero-order chi connectivity index (χ0) is 9.42. The minimum absolute atomic E-state index is 0.0931. The molecule has 1 aliphatic rings. The van der Waals surface area contributed by atoms with Crippen LogP contribution in [-0.4, -0.2) is 27.2 Å². The monoisotopic (exact) mass is 182 g/mol. The number of hydrogen-bond acceptors (Lipinski definition) is 3. The fraction of sp³-hybridized carbons (Fsp3) is 0.500. The summed E-state index contributed by atoms with van der Waals surface area (Å²) >= 11 is 0. The molecule has 0 amide bonds. The Morgan fingerprint density at radius 2 is 2.46 bits per heavy atom. The first-order valence-corrected chi connectivity index (χ1v) is 4.05. The van der Waals surface area contributed by atoms with Crippen molar-refractivity contribution in [3.05, 3.63) is 17.2 Å².